The van der Waals surface area contributed by atoms with Crippen LogP contribution in [0, 0.1) is 0 Å². The average molecular weight is 507 g/mol. The van der Waals surface area contributed by atoms with Crippen molar-refractivity contribution in [3.8, 4) is 0 Å². The predicted molar refractivity (Wildman–Crippen MR) is 124 cm³/mol. The summed E-state index contributed by atoms with van der Waals surface area (Å²) in [4.78, 5) is 30.9. The third-order valence-corrected chi connectivity index (χ3v) is 6.97. The average Bonchev–Trinajstić information content (AvgIpc) is 3.22. The molecule has 1 aliphatic carbocycles. The molecule has 2 heterocycles. The van der Waals surface area contributed by atoms with E-state index in [9.17, 15) is 33.0 Å². The number of aromatic nitrogens is 1. The monoisotopic (exact) mass is 506 g/mol. The first-order valence-corrected chi connectivity index (χ1v) is 11.9. The lowest BCUT2D eigenvalue weighted by Gasteiger charge is -2.39. The second-order valence-electron chi connectivity index (χ2n) is 9.43. The lowest BCUT2D eigenvalue weighted by atomic mass is 9.79. The molecule has 2 aliphatic rings. The number of carbonyl (C=O) groups excluding carboxylic acids is 2. The number of alkyl halides is 3. The molecule has 36 heavy (non-hydrogen) atoms. The van der Waals surface area contributed by atoms with E-state index in [2.05, 4.69) is 20.5 Å². The van der Waals surface area contributed by atoms with Crippen molar-refractivity contribution in [2.75, 3.05) is 19.6 Å². The molecule has 2 fully saturated rings. The first-order chi connectivity index (χ1) is 17.0. The number of benzene rings is 1. The Bertz CT molecular complexity index is 1070. The van der Waals surface area contributed by atoms with Gasteiger partial charge >= 0.3 is 6.18 Å². The van der Waals surface area contributed by atoms with Gasteiger partial charge in [0, 0.05) is 30.9 Å². The van der Waals surface area contributed by atoms with E-state index in [1.165, 1.54) is 6.07 Å². The maximum absolute atomic E-state index is 12.9. The van der Waals surface area contributed by atoms with E-state index in [-0.39, 0.29) is 11.6 Å². The first kappa shape index (κ1) is 26.1. The van der Waals surface area contributed by atoms with E-state index in [0.29, 0.717) is 44.5 Å². The second kappa shape index (κ2) is 10.5. The molecule has 8 nitrogen and oxygen atoms in total. The minimum atomic E-state index is -4.58. The number of hydrogen-bond donors (Lipinski definition) is 4. The summed E-state index contributed by atoms with van der Waals surface area (Å²) in [7, 11) is 0. The van der Waals surface area contributed by atoms with Crippen LogP contribution in [-0.4, -0.2) is 69.7 Å². The topological polar surface area (TPSA) is 115 Å². The molecule has 0 radical (unpaired) electrons. The predicted octanol–water partition coefficient (Wildman–Crippen LogP) is 1.82. The standard InChI is InChI=1S/C25H29F3N4O4/c26-25(27,28)17-5-3-4-16(12-17)23(35)30-13-22(34)31-19-14-32(15-20(19)33)18-7-9-24(36,10-8-18)21-6-1-2-11-29-21/h1-6,11-12,18-20,33,36H,7-10,13-15H2,(H,30,35)(H,31,34). The Balaban J connectivity index is 1.25. The number of aliphatic hydroxyl groups excluding tert-OH is 1. The van der Waals surface area contributed by atoms with E-state index in [1.54, 1.807) is 12.3 Å². The van der Waals surface area contributed by atoms with Crippen molar-refractivity contribution in [2.45, 2.75) is 55.6 Å². The number of rotatable bonds is 6. The lowest BCUT2D eigenvalue weighted by Crippen LogP contribution is -2.47. The van der Waals surface area contributed by atoms with Crippen LogP contribution in [0.2, 0.25) is 0 Å². The number of pyridine rings is 1. The molecule has 4 N–H and O–H groups in total. The zero-order chi connectivity index (χ0) is 25.9. The molecule has 1 aromatic carbocycles. The SMILES string of the molecule is O=C(CNC(=O)c1cccc(C(F)(F)F)c1)NC1CN(C2CCC(O)(c3ccccn3)CC2)CC1O. The zero-order valence-electron chi connectivity index (χ0n) is 19.5. The van der Waals surface area contributed by atoms with Crippen molar-refractivity contribution >= 4 is 11.8 Å². The van der Waals surface area contributed by atoms with Crippen LogP contribution in [0.4, 0.5) is 13.2 Å². The van der Waals surface area contributed by atoms with Crippen LogP contribution in [0.15, 0.2) is 48.7 Å². The molecule has 0 spiro atoms. The van der Waals surface area contributed by atoms with Gasteiger partial charge in [-0.15, -0.1) is 0 Å². The summed E-state index contributed by atoms with van der Waals surface area (Å²) in [6.45, 7) is 0.355. The Morgan fingerprint density at radius 3 is 2.53 bits per heavy atom. The zero-order valence-corrected chi connectivity index (χ0v) is 19.5. The van der Waals surface area contributed by atoms with Gasteiger partial charge in [-0.05, 0) is 56.0 Å². The van der Waals surface area contributed by atoms with Crippen LogP contribution in [0.1, 0.15) is 47.3 Å². The third kappa shape index (κ3) is 6.03. The molecular formula is C25H29F3N4O4. The van der Waals surface area contributed by atoms with Crippen molar-refractivity contribution in [1.82, 2.24) is 20.5 Å². The van der Waals surface area contributed by atoms with Gasteiger partial charge in [-0.1, -0.05) is 12.1 Å². The van der Waals surface area contributed by atoms with Gasteiger partial charge in [0.05, 0.1) is 29.9 Å². The van der Waals surface area contributed by atoms with Crippen molar-refractivity contribution in [3.05, 3.63) is 65.5 Å². The van der Waals surface area contributed by atoms with Gasteiger partial charge in [0.2, 0.25) is 5.91 Å². The van der Waals surface area contributed by atoms with Crippen molar-refractivity contribution in [1.29, 1.82) is 0 Å². The highest BCUT2D eigenvalue weighted by Gasteiger charge is 2.41. The van der Waals surface area contributed by atoms with Crippen LogP contribution in [0.5, 0.6) is 0 Å². The largest absolute Gasteiger partial charge is 0.416 e. The number of β-amino-alcohol motifs (C(OH)–C–C–N with tert-alkyl or cyclic N) is 1. The minimum Gasteiger partial charge on any atom is -0.390 e. The third-order valence-electron chi connectivity index (χ3n) is 6.97. The lowest BCUT2D eigenvalue weighted by molar-refractivity contribution is -0.137. The van der Waals surface area contributed by atoms with Crippen molar-refractivity contribution < 1.29 is 33.0 Å². The number of nitrogens with zero attached hydrogens (tertiary/aromatic N) is 2. The van der Waals surface area contributed by atoms with Crippen LogP contribution < -0.4 is 10.6 Å². The Labute approximate surface area is 206 Å². The Kier molecular flexibility index (Phi) is 7.62. The van der Waals surface area contributed by atoms with Crippen molar-refractivity contribution in [3.63, 3.8) is 0 Å². The molecule has 1 saturated heterocycles. The van der Waals surface area contributed by atoms with E-state index < -0.39 is 47.8 Å². The Hall–Kier alpha value is -3.02. The molecule has 1 aliphatic heterocycles. The summed E-state index contributed by atoms with van der Waals surface area (Å²) >= 11 is 0. The Morgan fingerprint density at radius 2 is 1.86 bits per heavy atom. The van der Waals surface area contributed by atoms with Crippen LogP contribution >= 0.6 is 0 Å². The van der Waals surface area contributed by atoms with Gasteiger partial charge in [0.15, 0.2) is 0 Å². The van der Waals surface area contributed by atoms with E-state index in [0.717, 1.165) is 18.2 Å². The molecule has 4 rings (SSSR count). The van der Waals surface area contributed by atoms with E-state index in [4.69, 9.17) is 0 Å². The second-order valence-corrected chi connectivity index (χ2v) is 9.43. The smallest absolute Gasteiger partial charge is 0.390 e. The number of likely N-dealkylation sites (tertiary alicyclic amines) is 1. The molecule has 1 aromatic heterocycles. The van der Waals surface area contributed by atoms with Gasteiger partial charge in [0.25, 0.3) is 5.91 Å². The highest BCUT2D eigenvalue weighted by atomic mass is 19.4. The van der Waals surface area contributed by atoms with Gasteiger partial charge in [0.1, 0.15) is 5.60 Å². The maximum Gasteiger partial charge on any atom is 0.416 e. The van der Waals surface area contributed by atoms with E-state index in [1.807, 2.05) is 12.1 Å². The quantitative estimate of drug-likeness (QED) is 0.475. The van der Waals surface area contributed by atoms with Crippen molar-refractivity contribution in [2.24, 2.45) is 0 Å². The number of aliphatic hydroxyl groups is 2. The van der Waals surface area contributed by atoms with Crippen LogP contribution in [-0.2, 0) is 16.6 Å². The highest BCUT2D eigenvalue weighted by Crippen LogP contribution is 2.38. The number of carbonyl (C=O) groups is 2. The van der Waals surface area contributed by atoms with Gasteiger partial charge in [-0.2, -0.15) is 13.2 Å². The van der Waals surface area contributed by atoms with Crippen LogP contribution in [0.25, 0.3) is 0 Å². The van der Waals surface area contributed by atoms with E-state index >= 15 is 0 Å². The first-order valence-electron chi connectivity index (χ1n) is 11.9. The molecule has 0 bridgehead atoms. The maximum atomic E-state index is 12.9. The summed E-state index contributed by atoms with van der Waals surface area (Å²) in [5.74, 6) is -1.35. The molecular weight excluding hydrogens is 477 g/mol. The molecule has 2 atom stereocenters. The molecule has 2 amide bonds. The van der Waals surface area contributed by atoms with Gasteiger partial charge in [-0.3, -0.25) is 19.5 Å². The summed E-state index contributed by atoms with van der Waals surface area (Å²) in [6, 6.07) is 9.02. The summed E-state index contributed by atoms with van der Waals surface area (Å²) < 4.78 is 38.6. The fourth-order valence-corrected chi connectivity index (χ4v) is 4.95. The number of amides is 2. The summed E-state index contributed by atoms with van der Waals surface area (Å²) in [5.41, 5.74) is -1.47. The summed E-state index contributed by atoms with van der Waals surface area (Å²) in [6.07, 6.45) is -1.20. The normalized spacial score (nSPS) is 27.0. The molecule has 194 valence electrons. The fraction of sp³-hybridized carbons (Fsp3) is 0.480. The molecule has 2 unspecified atom stereocenters. The number of halogens is 3. The van der Waals surface area contributed by atoms with Gasteiger partial charge < -0.3 is 20.8 Å². The van der Waals surface area contributed by atoms with Gasteiger partial charge in [-0.25, -0.2) is 0 Å². The fourth-order valence-electron chi connectivity index (χ4n) is 4.95. The summed E-state index contributed by atoms with van der Waals surface area (Å²) in [5, 5.41) is 26.5. The molecule has 11 heteroatoms. The van der Waals surface area contributed by atoms with Crippen LogP contribution in [0.3, 0.4) is 0 Å². The number of nitrogens with one attached hydrogen (secondary N) is 2. The molecule has 2 aromatic rings. The molecule has 1 saturated carbocycles. The minimum absolute atomic E-state index is 0.145. The Morgan fingerprint density at radius 1 is 1.11 bits per heavy atom. The number of hydrogen-bond acceptors (Lipinski definition) is 6. The highest BCUT2D eigenvalue weighted by molar-refractivity contribution is 5.96.